The smallest absolute Gasteiger partial charge is 0.220 e. The van der Waals surface area contributed by atoms with Crippen LogP contribution >= 0.6 is 0 Å². The molecule has 57 valence electrons. The Hall–Kier alpha value is -0.570. The van der Waals surface area contributed by atoms with Gasteiger partial charge in [-0.3, -0.25) is 4.79 Å². The Morgan fingerprint density at radius 1 is 1.50 bits per heavy atom. The quantitative estimate of drug-likeness (QED) is 0.500. The molecule has 0 bridgehead atoms. The molecule has 1 aliphatic heterocycles. The van der Waals surface area contributed by atoms with Gasteiger partial charge < -0.3 is 5.73 Å². The van der Waals surface area contributed by atoms with Gasteiger partial charge in [-0.2, -0.15) is 4.90 Å². The summed E-state index contributed by atoms with van der Waals surface area (Å²) in [6.07, 6.45) is 1.87. The summed E-state index contributed by atoms with van der Waals surface area (Å²) in [6.45, 7) is 2.02. The Kier molecular flexibility index (Phi) is 2.27. The van der Waals surface area contributed by atoms with E-state index >= 15 is 0 Å². The molecular weight excluding hydrogens is 128 g/mol. The molecule has 0 atom stereocenters. The van der Waals surface area contributed by atoms with Crippen LogP contribution in [0.1, 0.15) is 12.8 Å². The average Bonchev–Trinajstić information content (AvgIpc) is 1.88. The maximum Gasteiger partial charge on any atom is 0.220 e. The minimum Gasteiger partial charge on any atom is -0.369 e. The van der Waals surface area contributed by atoms with Crippen molar-refractivity contribution in [3.05, 3.63) is 0 Å². The lowest BCUT2D eigenvalue weighted by Gasteiger charge is -2.19. The minimum atomic E-state index is -0.131. The molecule has 10 heavy (non-hydrogen) atoms. The first-order chi connectivity index (χ1) is 4.70. The lowest BCUT2D eigenvalue weighted by molar-refractivity contribution is -0.122. The number of nitrogens with two attached hydrogens (primary N) is 1. The van der Waals surface area contributed by atoms with E-state index in [0.29, 0.717) is 0 Å². The Balaban J connectivity index is 2.33. The van der Waals surface area contributed by atoms with Crippen LogP contribution in [0, 0.1) is 5.92 Å². The maximum atomic E-state index is 10.7. The first-order valence-electron chi connectivity index (χ1n) is 3.68. The largest absolute Gasteiger partial charge is 0.369 e. The summed E-state index contributed by atoms with van der Waals surface area (Å²) in [5, 5.41) is 0. The molecule has 0 spiro atoms. The number of hydrogen-bond acceptors (Lipinski definition) is 2. The van der Waals surface area contributed by atoms with E-state index in [9.17, 15) is 4.79 Å². The molecule has 0 aliphatic carbocycles. The topological polar surface area (TPSA) is 49.0 Å². The predicted molar refractivity (Wildman–Crippen MR) is 39.7 cm³/mol. The van der Waals surface area contributed by atoms with Crippen LogP contribution in [0.4, 0.5) is 0 Å². The van der Waals surface area contributed by atoms with Gasteiger partial charge in [-0.05, 0) is 0 Å². The summed E-state index contributed by atoms with van der Waals surface area (Å²) in [6, 6.07) is 0. The Bertz CT molecular complexity index is 128. The van der Waals surface area contributed by atoms with E-state index in [2.05, 4.69) is 11.9 Å². The SMILES string of the molecule is C[N+]1CCC(C(N)=O)CC1. The lowest BCUT2D eigenvalue weighted by atomic mass is 9.97. The Labute approximate surface area is 61.2 Å². The molecule has 1 rings (SSSR count). The van der Waals surface area contributed by atoms with Crippen LogP contribution in [0.25, 0.3) is 0 Å². The lowest BCUT2D eigenvalue weighted by Crippen LogP contribution is -2.39. The molecule has 1 amide bonds. The molecule has 0 unspecified atom stereocenters. The fraction of sp³-hybridized carbons (Fsp3) is 0.857. The zero-order chi connectivity index (χ0) is 7.56. The summed E-state index contributed by atoms with van der Waals surface area (Å²) in [5.74, 6) is 0.00398. The van der Waals surface area contributed by atoms with E-state index in [-0.39, 0.29) is 11.8 Å². The third-order valence-electron chi connectivity index (χ3n) is 2.12. The van der Waals surface area contributed by atoms with Gasteiger partial charge in [-0.15, -0.1) is 0 Å². The van der Waals surface area contributed by atoms with Gasteiger partial charge in [0.05, 0.1) is 0 Å². The third kappa shape index (κ3) is 1.70. The number of rotatable bonds is 1. The molecule has 1 aliphatic rings. The molecule has 1 heterocycles. The summed E-state index contributed by atoms with van der Waals surface area (Å²) in [5.41, 5.74) is 5.16. The van der Waals surface area contributed by atoms with Crippen LogP contribution in [-0.4, -0.2) is 26.0 Å². The van der Waals surface area contributed by atoms with Gasteiger partial charge >= 0.3 is 0 Å². The maximum absolute atomic E-state index is 10.7. The highest BCUT2D eigenvalue weighted by atomic mass is 16.1. The molecule has 3 nitrogen and oxygen atoms in total. The molecule has 1 fully saturated rings. The number of nitrogens with zero attached hydrogens (tertiary/aromatic N) is 1. The highest BCUT2D eigenvalue weighted by molar-refractivity contribution is 5.76. The fourth-order valence-electron chi connectivity index (χ4n) is 1.29. The van der Waals surface area contributed by atoms with Crippen LogP contribution in [0.2, 0.25) is 0 Å². The van der Waals surface area contributed by atoms with Crippen LogP contribution in [-0.2, 0) is 4.79 Å². The number of likely N-dealkylation sites (tertiary alicyclic amines) is 1. The standard InChI is InChI=1S/C7H14N2O/c1-9-4-2-6(3-5-9)7(8)10/h6H,2-5H2,1H3,(H2,8,10)/q+1. The van der Waals surface area contributed by atoms with Crippen LogP contribution in [0.5, 0.6) is 0 Å². The fourth-order valence-corrected chi connectivity index (χ4v) is 1.29. The summed E-state index contributed by atoms with van der Waals surface area (Å²) < 4.78 is 0. The predicted octanol–water partition coefficient (Wildman–Crippen LogP) is -0.348. The van der Waals surface area contributed by atoms with Gasteiger partial charge in [0.2, 0.25) is 5.91 Å². The van der Waals surface area contributed by atoms with E-state index in [1.165, 1.54) is 0 Å². The second-order valence-electron chi connectivity index (χ2n) is 2.98. The Morgan fingerprint density at radius 3 is 2.40 bits per heavy atom. The van der Waals surface area contributed by atoms with E-state index in [1.54, 1.807) is 0 Å². The summed E-state index contributed by atoms with van der Waals surface area (Å²) in [7, 11) is 2.07. The molecular formula is C7H14N2O+. The number of primary amides is 1. The van der Waals surface area contributed by atoms with Crippen molar-refractivity contribution in [2.45, 2.75) is 12.8 Å². The molecule has 1 saturated heterocycles. The van der Waals surface area contributed by atoms with Crippen molar-refractivity contribution < 1.29 is 4.79 Å². The van der Waals surface area contributed by atoms with Gasteiger partial charge in [0, 0.05) is 18.8 Å². The minimum absolute atomic E-state index is 0.131. The second kappa shape index (κ2) is 3.01. The van der Waals surface area contributed by atoms with E-state index in [4.69, 9.17) is 5.73 Å². The van der Waals surface area contributed by atoms with Crippen molar-refractivity contribution in [1.29, 1.82) is 0 Å². The molecule has 0 aromatic heterocycles. The van der Waals surface area contributed by atoms with E-state index < -0.39 is 0 Å². The Morgan fingerprint density at radius 2 is 2.00 bits per heavy atom. The number of carbonyl (C=O) groups is 1. The highest BCUT2D eigenvalue weighted by Crippen LogP contribution is 2.13. The number of hydrogen-bond donors (Lipinski definition) is 1. The van der Waals surface area contributed by atoms with Crippen molar-refractivity contribution in [3.63, 3.8) is 0 Å². The van der Waals surface area contributed by atoms with Crippen LogP contribution in [0.15, 0.2) is 0 Å². The van der Waals surface area contributed by atoms with Gasteiger partial charge in [-0.25, -0.2) is 0 Å². The molecule has 0 aromatic rings. The first kappa shape index (κ1) is 7.54. The van der Waals surface area contributed by atoms with Crippen LogP contribution in [0.3, 0.4) is 0 Å². The molecule has 0 aromatic carbocycles. The number of carbonyl (C=O) groups excluding carboxylic acids is 1. The molecule has 3 heteroatoms. The zero-order valence-electron chi connectivity index (χ0n) is 6.34. The number of amides is 1. The van der Waals surface area contributed by atoms with Crippen molar-refractivity contribution in [1.82, 2.24) is 4.90 Å². The molecule has 0 saturated carbocycles. The third-order valence-corrected chi connectivity index (χ3v) is 2.12. The summed E-state index contributed by atoms with van der Waals surface area (Å²) in [4.78, 5) is 12.9. The van der Waals surface area contributed by atoms with Gasteiger partial charge in [0.1, 0.15) is 20.1 Å². The second-order valence-corrected chi connectivity index (χ2v) is 2.98. The molecule has 1 radical (unpaired) electrons. The molecule has 2 N–H and O–H groups in total. The number of piperidine rings is 1. The zero-order valence-corrected chi connectivity index (χ0v) is 6.34. The average molecular weight is 142 g/mol. The first-order valence-corrected chi connectivity index (χ1v) is 3.68. The monoisotopic (exact) mass is 142 g/mol. The van der Waals surface area contributed by atoms with Crippen molar-refractivity contribution >= 4 is 5.91 Å². The summed E-state index contributed by atoms with van der Waals surface area (Å²) >= 11 is 0. The van der Waals surface area contributed by atoms with Crippen molar-refractivity contribution in [3.8, 4) is 0 Å². The van der Waals surface area contributed by atoms with Crippen molar-refractivity contribution in [2.24, 2.45) is 11.7 Å². The van der Waals surface area contributed by atoms with E-state index in [1.807, 2.05) is 0 Å². The van der Waals surface area contributed by atoms with E-state index in [0.717, 1.165) is 25.9 Å². The van der Waals surface area contributed by atoms with Crippen LogP contribution < -0.4 is 10.6 Å². The van der Waals surface area contributed by atoms with Gasteiger partial charge in [0.15, 0.2) is 0 Å². The van der Waals surface area contributed by atoms with Gasteiger partial charge in [-0.1, -0.05) is 0 Å². The highest BCUT2D eigenvalue weighted by Gasteiger charge is 2.25. The van der Waals surface area contributed by atoms with Crippen molar-refractivity contribution in [2.75, 3.05) is 20.1 Å². The normalized spacial score (nSPS) is 22.9. The van der Waals surface area contributed by atoms with Gasteiger partial charge in [0.25, 0.3) is 0 Å².